The van der Waals surface area contributed by atoms with E-state index < -0.39 is 0 Å². The van der Waals surface area contributed by atoms with E-state index >= 15 is 0 Å². The molecular weight excluding hydrogens is 392 g/mol. The number of nitrogens with zero attached hydrogens (tertiary/aromatic N) is 1. The second kappa shape index (κ2) is 9.18. The molecular formula is C25H26N2O4. The van der Waals surface area contributed by atoms with Crippen LogP contribution in [-0.2, 0) is 9.53 Å². The van der Waals surface area contributed by atoms with Crippen molar-refractivity contribution in [3.8, 4) is 5.75 Å². The lowest BCUT2D eigenvalue weighted by Gasteiger charge is -2.31. The third-order valence-corrected chi connectivity index (χ3v) is 5.43. The first-order valence-corrected chi connectivity index (χ1v) is 10.4. The maximum atomic E-state index is 13.1. The van der Waals surface area contributed by atoms with Crippen LogP contribution in [0.1, 0.15) is 22.8 Å². The summed E-state index contributed by atoms with van der Waals surface area (Å²) in [5, 5.41) is 4.83. The molecule has 3 aromatic carbocycles. The zero-order chi connectivity index (χ0) is 21.8. The van der Waals surface area contributed by atoms with E-state index in [9.17, 15) is 9.59 Å². The summed E-state index contributed by atoms with van der Waals surface area (Å²) in [4.78, 5) is 27.5. The van der Waals surface area contributed by atoms with Crippen molar-refractivity contribution in [3.63, 3.8) is 0 Å². The molecule has 160 valence electrons. The third kappa shape index (κ3) is 4.86. The van der Waals surface area contributed by atoms with Crippen molar-refractivity contribution < 1.29 is 19.1 Å². The van der Waals surface area contributed by atoms with Gasteiger partial charge >= 0.3 is 0 Å². The van der Waals surface area contributed by atoms with Gasteiger partial charge in [0.05, 0.1) is 18.3 Å². The predicted octanol–water partition coefficient (Wildman–Crippen LogP) is 4.03. The molecule has 6 heteroatoms. The fourth-order valence-corrected chi connectivity index (χ4v) is 3.69. The van der Waals surface area contributed by atoms with Gasteiger partial charge in [-0.15, -0.1) is 0 Å². The number of carbonyl (C=O) groups excluding carboxylic acids is 2. The highest BCUT2D eigenvalue weighted by Crippen LogP contribution is 2.28. The van der Waals surface area contributed by atoms with Gasteiger partial charge in [0.1, 0.15) is 5.75 Å². The Labute approximate surface area is 181 Å². The molecule has 4 rings (SSSR count). The molecule has 1 heterocycles. The summed E-state index contributed by atoms with van der Waals surface area (Å²) in [6.07, 6.45) is 0.00817. The molecule has 3 aromatic rings. The van der Waals surface area contributed by atoms with Crippen molar-refractivity contribution in [3.05, 3.63) is 71.8 Å². The van der Waals surface area contributed by atoms with Crippen LogP contribution >= 0.6 is 0 Å². The van der Waals surface area contributed by atoms with E-state index in [2.05, 4.69) is 5.32 Å². The Kier molecular flexibility index (Phi) is 6.18. The van der Waals surface area contributed by atoms with Crippen LogP contribution in [0.5, 0.6) is 5.75 Å². The van der Waals surface area contributed by atoms with Gasteiger partial charge in [0.2, 0.25) is 0 Å². The summed E-state index contributed by atoms with van der Waals surface area (Å²) in [5.41, 5.74) is 2.10. The number of benzene rings is 3. The Hall–Kier alpha value is -3.38. The van der Waals surface area contributed by atoms with Crippen LogP contribution in [0.15, 0.2) is 60.7 Å². The fraction of sp³-hybridized carbons (Fsp3) is 0.280. The van der Waals surface area contributed by atoms with Crippen LogP contribution in [0.2, 0.25) is 0 Å². The third-order valence-electron chi connectivity index (χ3n) is 5.43. The number of morpholine rings is 1. The topological polar surface area (TPSA) is 67.9 Å². The molecule has 0 bridgehead atoms. The normalized spacial score (nSPS) is 16.2. The average Bonchev–Trinajstić information content (AvgIpc) is 2.78. The van der Waals surface area contributed by atoms with Crippen LogP contribution in [0.4, 0.5) is 5.69 Å². The van der Waals surface area contributed by atoms with E-state index in [0.29, 0.717) is 31.0 Å². The monoisotopic (exact) mass is 418 g/mol. The summed E-state index contributed by atoms with van der Waals surface area (Å²) < 4.78 is 11.4. The van der Waals surface area contributed by atoms with Crippen molar-refractivity contribution in [2.45, 2.75) is 20.0 Å². The number of para-hydroxylation sites is 1. The molecule has 6 nitrogen and oxygen atoms in total. The molecule has 0 radical (unpaired) electrons. The van der Waals surface area contributed by atoms with Crippen LogP contribution < -0.4 is 10.1 Å². The molecule has 0 aliphatic carbocycles. The quantitative estimate of drug-likeness (QED) is 0.679. The molecule has 0 saturated carbocycles. The lowest BCUT2D eigenvalue weighted by molar-refractivity contribution is -0.140. The molecule has 1 saturated heterocycles. The lowest BCUT2D eigenvalue weighted by Crippen LogP contribution is -2.46. The average molecular weight is 418 g/mol. The molecule has 0 aromatic heterocycles. The standard InChI is InChI=1S/C25H26N2O4/c1-17-7-3-6-10-22(17)26-25(29)21-13-19-8-4-5-9-20(19)14-23(21)31-16-24(28)27-11-12-30-18(2)15-27/h3-10,13-14,18H,11-12,15-16H2,1-2H3,(H,26,29)/t18-/m1/s1. The van der Waals surface area contributed by atoms with Crippen molar-refractivity contribution >= 4 is 28.3 Å². The highest BCUT2D eigenvalue weighted by atomic mass is 16.5. The molecule has 31 heavy (non-hydrogen) atoms. The van der Waals surface area contributed by atoms with Gasteiger partial charge in [-0.1, -0.05) is 42.5 Å². The lowest BCUT2D eigenvalue weighted by atomic mass is 10.0. The predicted molar refractivity (Wildman–Crippen MR) is 121 cm³/mol. The Bertz CT molecular complexity index is 1110. The number of aryl methyl sites for hydroxylation is 1. The summed E-state index contributed by atoms with van der Waals surface area (Å²) >= 11 is 0. The number of rotatable bonds is 5. The van der Waals surface area contributed by atoms with E-state index in [0.717, 1.165) is 22.0 Å². The zero-order valence-electron chi connectivity index (χ0n) is 17.8. The maximum absolute atomic E-state index is 13.1. The smallest absolute Gasteiger partial charge is 0.260 e. The maximum Gasteiger partial charge on any atom is 0.260 e. The molecule has 0 spiro atoms. The molecule has 1 aliphatic rings. The minimum atomic E-state index is -0.275. The van der Waals surface area contributed by atoms with Gasteiger partial charge in [0.25, 0.3) is 11.8 Å². The fourth-order valence-electron chi connectivity index (χ4n) is 3.69. The number of nitrogens with one attached hydrogen (secondary N) is 1. The number of anilines is 1. The van der Waals surface area contributed by atoms with Gasteiger partial charge in [-0.05, 0) is 48.4 Å². The van der Waals surface area contributed by atoms with E-state index in [4.69, 9.17) is 9.47 Å². The highest BCUT2D eigenvalue weighted by molar-refractivity contribution is 6.09. The SMILES string of the molecule is Cc1ccccc1NC(=O)c1cc2ccccc2cc1OCC(=O)N1CCO[C@H](C)C1. The van der Waals surface area contributed by atoms with Gasteiger partial charge in [-0.25, -0.2) is 0 Å². The van der Waals surface area contributed by atoms with E-state index in [1.807, 2.05) is 68.4 Å². The van der Waals surface area contributed by atoms with Crippen molar-refractivity contribution in [2.24, 2.45) is 0 Å². The summed E-state index contributed by atoms with van der Waals surface area (Å²) in [6.45, 7) is 5.36. The van der Waals surface area contributed by atoms with Crippen LogP contribution in [0.25, 0.3) is 10.8 Å². The number of hydrogen-bond acceptors (Lipinski definition) is 4. The number of fused-ring (bicyclic) bond motifs is 1. The molecule has 1 aliphatic heterocycles. The first-order valence-electron chi connectivity index (χ1n) is 10.4. The molecule has 2 amide bonds. The van der Waals surface area contributed by atoms with Gasteiger partial charge < -0.3 is 19.7 Å². The Morgan fingerprint density at radius 3 is 2.55 bits per heavy atom. The van der Waals surface area contributed by atoms with Crippen molar-refractivity contribution in [1.29, 1.82) is 0 Å². The largest absolute Gasteiger partial charge is 0.483 e. The van der Waals surface area contributed by atoms with Crippen LogP contribution in [0.3, 0.4) is 0 Å². The minimum absolute atomic E-state index is 0.00817. The Morgan fingerprint density at radius 1 is 1.10 bits per heavy atom. The second-order valence-corrected chi connectivity index (χ2v) is 7.77. The Morgan fingerprint density at radius 2 is 1.81 bits per heavy atom. The van der Waals surface area contributed by atoms with Crippen LogP contribution in [-0.4, -0.2) is 49.1 Å². The molecule has 1 atom stereocenters. The summed E-state index contributed by atoms with van der Waals surface area (Å²) in [6, 6.07) is 19.0. The number of ether oxygens (including phenoxy) is 2. The number of amides is 2. The zero-order valence-corrected chi connectivity index (χ0v) is 17.8. The van der Waals surface area contributed by atoms with Crippen LogP contribution in [0, 0.1) is 6.92 Å². The van der Waals surface area contributed by atoms with E-state index in [-0.39, 0.29) is 24.5 Å². The minimum Gasteiger partial charge on any atom is -0.483 e. The first-order chi connectivity index (χ1) is 15.0. The molecule has 0 unspecified atom stereocenters. The highest BCUT2D eigenvalue weighted by Gasteiger charge is 2.23. The van der Waals surface area contributed by atoms with Gasteiger partial charge in [-0.3, -0.25) is 9.59 Å². The van der Waals surface area contributed by atoms with Gasteiger partial charge in [0.15, 0.2) is 6.61 Å². The summed E-state index contributed by atoms with van der Waals surface area (Å²) in [5.74, 6) is -0.00416. The van der Waals surface area contributed by atoms with Crippen molar-refractivity contribution in [2.75, 3.05) is 31.6 Å². The number of carbonyl (C=O) groups is 2. The molecule has 1 N–H and O–H groups in total. The van der Waals surface area contributed by atoms with Gasteiger partial charge in [-0.2, -0.15) is 0 Å². The first kappa shape index (κ1) is 20.9. The van der Waals surface area contributed by atoms with Gasteiger partial charge in [0, 0.05) is 18.8 Å². The Balaban J connectivity index is 1.58. The van der Waals surface area contributed by atoms with E-state index in [1.54, 1.807) is 11.0 Å². The molecule has 1 fully saturated rings. The second-order valence-electron chi connectivity index (χ2n) is 7.77. The van der Waals surface area contributed by atoms with E-state index in [1.165, 1.54) is 0 Å². The summed E-state index contributed by atoms with van der Waals surface area (Å²) in [7, 11) is 0. The number of hydrogen-bond donors (Lipinski definition) is 1. The van der Waals surface area contributed by atoms with Crippen molar-refractivity contribution in [1.82, 2.24) is 4.90 Å².